The standard InChI is InChI=1S/C19H20N4OS/c1-19(10-12-25-18(20)23-19)14-5-4-7-16(13-14)22-17(24)9-8-15-6-2-3-11-21-15/h2-9,11,13H,10,12H2,1H3,(H2,20,23)(H,22,24). The number of anilines is 1. The second-order valence-electron chi connectivity index (χ2n) is 5.98. The fourth-order valence-electron chi connectivity index (χ4n) is 2.65. The third kappa shape index (κ3) is 4.48. The highest BCUT2D eigenvalue weighted by Crippen LogP contribution is 2.35. The summed E-state index contributed by atoms with van der Waals surface area (Å²) in [4.78, 5) is 20.9. The molecule has 0 bridgehead atoms. The van der Waals surface area contributed by atoms with Crippen molar-refractivity contribution in [1.29, 1.82) is 0 Å². The number of pyridine rings is 1. The van der Waals surface area contributed by atoms with Crippen molar-refractivity contribution in [3.8, 4) is 0 Å². The highest BCUT2D eigenvalue weighted by molar-refractivity contribution is 8.13. The van der Waals surface area contributed by atoms with E-state index in [2.05, 4.69) is 22.2 Å². The maximum Gasteiger partial charge on any atom is 0.248 e. The first kappa shape index (κ1) is 17.2. The molecule has 1 atom stereocenters. The van der Waals surface area contributed by atoms with E-state index in [0.29, 0.717) is 5.17 Å². The van der Waals surface area contributed by atoms with Crippen LogP contribution in [0.5, 0.6) is 0 Å². The highest BCUT2D eigenvalue weighted by Gasteiger charge is 2.29. The lowest BCUT2D eigenvalue weighted by atomic mass is 9.89. The molecule has 0 radical (unpaired) electrons. The Morgan fingerprint density at radius 1 is 1.32 bits per heavy atom. The number of hydrogen-bond donors (Lipinski definition) is 2. The van der Waals surface area contributed by atoms with Crippen LogP contribution in [0.15, 0.2) is 59.7 Å². The van der Waals surface area contributed by atoms with Crippen LogP contribution < -0.4 is 11.1 Å². The van der Waals surface area contributed by atoms with Crippen LogP contribution in [-0.4, -0.2) is 21.8 Å². The average molecular weight is 352 g/mol. The van der Waals surface area contributed by atoms with Gasteiger partial charge in [0.05, 0.1) is 11.2 Å². The van der Waals surface area contributed by atoms with Crippen LogP contribution in [0.1, 0.15) is 24.6 Å². The fourth-order valence-corrected chi connectivity index (χ4v) is 3.62. The SMILES string of the molecule is CC1(c2cccc(NC(=O)C=Cc3ccccn3)c2)CCSC(N)=N1. The van der Waals surface area contributed by atoms with Crippen LogP contribution in [-0.2, 0) is 10.3 Å². The number of benzene rings is 1. The van der Waals surface area contributed by atoms with Gasteiger partial charge in [0, 0.05) is 23.7 Å². The minimum Gasteiger partial charge on any atom is -0.379 e. The predicted molar refractivity (Wildman–Crippen MR) is 104 cm³/mol. The summed E-state index contributed by atoms with van der Waals surface area (Å²) in [5, 5.41) is 3.49. The molecule has 1 aromatic heterocycles. The molecule has 0 saturated heterocycles. The van der Waals surface area contributed by atoms with E-state index in [4.69, 9.17) is 5.73 Å². The minimum atomic E-state index is -0.347. The zero-order chi connectivity index (χ0) is 17.7. The van der Waals surface area contributed by atoms with Gasteiger partial charge in [0.15, 0.2) is 5.17 Å². The van der Waals surface area contributed by atoms with Crippen LogP contribution in [0.25, 0.3) is 6.08 Å². The maximum absolute atomic E-state index is 12.1. The van der Waals surface area contributed by atoms with E-state index in [1.807, 2.05) is 42.5 Å². The Labute approximate surface area is 151 Å². The third-order valence-corrected chi connectivity index (χ3v) is 4.84. The number of carbonyl (C=O) groups is 1. The molecule has 0 spiro atoms. The number of amides is 1. The van der Waals surface area contributed by atoms with Crippen LogP contribution in [0.4, 0.5) is 5.69 Å². The molecule has 2 aromatic rings. The van der Waals surface area contributed by atoms with Crippen molar-refractivity contribution in [1.82, 2.24) is 4.98 Å². The van der Waals surface area contributed by atoms with Gasteiger partial charge in [0.25, 0.3) is 0 Å². The lowest BCUT2D eigenvalue weighted by molar-refractivity contribution is -0.111. The number of nitrogens with zero attached hydrogens (tertiary/aromatic N) is 2. The first-order valence-corrected chi connectivity index (χ1v) is 9.02. The van der Waals surface area contributed by atoms with Crippen molar-refractivity contribution in [2.24, 2.45) is 10.7 Å². The molecule has 1 aromatic carbocycles. The van der Waals surface area contributed by atoms with Gasteiger partial charge in [0.2, 0.25) is 5.91 Å². The monoisotopic (exact) mass is 352 g/mol. The Balaban J connectivity index is 1.73. The molecule has 5 nitrogen and oxygen atoms in total. The number of amidine groups is 1. The Bertz CT molecular complexity index is 819. The van der Waals surface area contributed by atoms with Crippen molar-refractivity contribution < 1.29 is 4.79 Å². The molecule has 0 aliphatic carbocycles. The lowest BCUT2D eigenvalue weighted by Gasteiger charge is -2.30. The molecule has 1 aliphatic rings. The zero-order valence-electron chi connectivity index (χ0n) is 14.0. The normalized spacial score (nSPS) is 20.3. The number of carbonyl (C=O) groups excluding carboxylic acids is 1. The fraction of sp³-hybridized carbons (Fsp3) is 0.211. The van der Waals surface area contributed by atoms with Gasteiger partial charge in [-0.3, -0.25) is 14.8 Å². The first-order chi connectivity index (χ1) is 12.0. The van der Waals surface area contributed by atoms with E-state index in [9.17, 15) is 4.79 Å². The molecule has 1 unspecified atom stereocenters. The summed E-state index contributed by atoms with van der Waals surface area (Å²) in [6, 6.07) is 13.3. The van der Waals surface area contributed by atoms with Gasteiger partial charge < -0.3 is 11.1 Å². The topological polar surface area (TPSA) is 80.4 Å². The summed E-state index contributed by atoms with van der Waals surface area (Å²) < 4.78 is 0. The van der Waals surface area contributed by atoms with Crippen LogP contribution in [0, 0.1) is 0 Å². The van der Waals surface area contributed by atoms with E-state index in [-0.39, 0.29) is 11.4 Å². The molecule has 25 heavy (non-hydrogen) atoms. The van der Waals surface area contributed by atoms with Crippen molar-refractivity contribution in [3.05, 3.63) is 66.0 Å². The number of aliphatic imine (C=N–C) groups is 1. The van der Waals surface area contributed by atoms with Gasteiger partial charge in [0.1, 0.15) is 0 Å². The number of thioether (sulfide) groups is 1. The summed E-state index contributed by atoms with van der Waals surface area (Å²) >= 11 is 1.58. The molecule has 0 fully saturated rings. The minimum absolute atomic E-state index is 0.199. The average Bonchev–Trinajstić information content (AvgIpc) is 2.61. The summed E-state index contributed by atoms with van der Waals surface area (Å²) in [7, 11) is 0. The zero-order valence-corrected chi connectivity index (χ0v) is 14.8. The number of rotatable bonds is 4. The molecule has 1 aliphatic heterocycles. The molecule has 1 amide bonds. The van der Waals surface area contributed by atoms with Crippen LogP contribution >= 0.6 is 11.8 Å². The molecule has 2 heterocycles. The quantitative estimate of drug-likeness (QED) is 0.827. The van der Waals surface area contributed by atoms with Gasteiger partial charge in [-0.1, -0.05) is 30.0 Å². The second-order valence-corrected chi connectivity index (χ2v) is 7.10. The van der Waals surface area contributed by atoms with Crippen molar-refractivity contribution in [2.75, 3.05) is 11.1 Å². The molecule has 3 rings (SSSR count). The highest BCUT2D eigenvalue weighted by atomic mass is 32.2. The van der Waals surface area contributed by atoms with Gasteiger partial charge >= 0.3 is 0 Å². The van der Waals surface area contributed by atoms with Crippen molar-refractivity contribution in [3.63, 3.8) is 0 Å². The van der Waals surface area contributed by atoms with Gasteiger partial charge in [-0.2, -0.15) is 0 Å². The molecule has 128 valence electrons. The summed E-state index contributed by atoms with van der Waals surface area (Å²) in [6.07, 6.45) is 5.76. The van der Waals surface area contributed by atoms with E-state index in [1.54, 1.807) is 24.0 Å². The first-order valence-electron chi connectivity index (χ1n) is 8.04. The number of hydrogen-bond acceptors (Lipinski definition) is 5. The Hall–Kier alpha value is -2.60. The third-order valence-electron chi connectivity index (χ3n) is 4.04. The largest absolute Gasteiger partial charge is 0.379 e. The Morgan fingerprint density at radius 3 is 2.96 bits per heavy atom. The van der Waals surface area contributed by atoms with Gasteiger partial charge in [-0.05, 0) is 49.2 Å². The van der Waals surface area contributed by atoms with E-state index in [0.717, 1.165) is 29.1 Å². The Morgan fingerprint density at radius 2 is 2.20 bits per heavy atom. The number of aromatic nitrogens is 1. The smallest absolute Gasteiger partial charge is 0.248 e. The predicted octanol–water partition coefficient (Wildman–Crippen LogP) is 3.40. The summed E-state index contributed by atoms with van der Waals surface area (Å²) in [5.74, 6) is 0.741. The van der Waals surface area contributed by atoms with Crippen LogP contribution in [0.3, 0.4) is 0 Å². The Kier molecular flexibility index (Phi) is 5.19. The molecule has 3 N–H and O–H groups in total. The maximum atomic E-state index is 12.1. The summed E-state index contributed by atoms with van der Waals surface area (Å²) in [6.45, 7) is 2.07. The second kappa shape index (κ2) is 7.53. The molecule has 6 heteroatoms. The lowest BCUT2D eigenvalue weighted by Crippen LogP contribution is -2.28. The van der Waals surface area contributed by atoms with Gasteiger partial charge in [-0.15, -0.1) is 0 Å². The van der Waals surface area contributed by atoms with Gasteiger partial charge in [-0.25, -0.2) is 0 Å². The van der Waals surface area contributed by atoms with E-state index >= 15 is 0 Å². The number of nitrogens with one attached hydrogen (secondary N) is 1. The van der Waals surface area contributed by atoms with Crippen molar-refractivity contribution >= 4 is 34.6 Å². The molecule has 0 saturated carbocycles. The van der Waals surface area contributed by atoms with E-state index < -0.39 is 0 Å². The number of nitrogens with two attached hydrogens (primary N) is 1. The summed E-state index contributed by atoms with van der Waals surface area (Å²) in [5.41, 5.74) is 8.06. The molecular weight excluding hydrogens is 332 g/mol. The van der Waals surface area contributed by atoms with E-state index in [1.165, 1.54) is 6.08 Å². The van der Waals surface area contributed by atoms with Crippen LogP contribution in [0.2, 0.25) is 0 Å². The molecular formula is C19H20N4OS. The van der Waals surface area contributed by atoms with Crippen molar-refractivity contribution in [2.45, 2.75) is 18.9 Å².